The van der Waals surface area contributed by atoms with Crippen LogP contribution < -0.4 is 16.0 Å². The normalized spacial score (nSPS) is 19.2. The number of hydrogen-bond donors (Lipinski definition) is 3. The van der Waals surface area contributed by atoms with Gasteiger partial charge in [0.25, 0.3) is 0 Å². The van der Waals surface area contributed by atoms with Gasteiger partial charge in [-0.15, -0.1) is 0 Å². The van der Waals surface area contributed by atoms with Crippen molar-refractivity contribution >= 4 is 11.9 Å². The average molecular weight is 261 g/mol. The van der Waals surface area contributed by atoms with Crippen LogP contribution >= 0.6 is 0 Å². The average Bonchev–Trinajstić information content (AvgIpc) is 2.63. The minimum absolute atomic E-state index is 0.0904. The van der Waals surface area contributed by atoms with Gasteiger partial charge in [-0.25, -0.2) is 4.79 Å². The molecule has 0 aliphatic carbocycles. The van der Waals surface area contributed by atoms with Gasteiger partial charge in [-0.2, -0.15) is 0 Å². The molecule has 1 aromatic rings. The molecule has 1 heterocycles. The van der Waals surface area contributed by atoms with Gasteiger partial charge in [0.15, 0.2) is 0 Å². The molecule has 0 aromatic heterocycles. The number of carbonyl (C=O) groups excluding carboxylic acids is 2. The van der Waals surface area contributed by atoms with Crippen LogP contribution in [0.1, 0.15) is 24.8 Å². The number of urea groups is 1. The Morgan fingerprint density at radius 3 is 2.84 bits per heavy atom. The molecule has 3 N–H and O–H groups in total. The zero-order valence-electron chi connectivity index (χ0n) is 10.8. The van der Waals surface area contributed by atoms with Gasteiger partial charge in [-0.3, -0.25) is 4.79 Å². The van der Waals surface area contributed by atoms with E-state index in [1.807, 2.05) is 30.3 Å². The van der Waals surface area contributed by atoms with Crippen molar-refractivity contribution in [1.29, 1.82) is 0 Å². The lowest BCUT2D eigenvalue weighted by Gasteiger charge is -2.15. The monoisotopic (exact) mass is 261 g/mol. The maximum absolute atomic E-state index is 11.7. The third-order valence-electron chi connectivity index (χ3n) is 3.14. The fraction of sp³-hybridized carbons (Fsp3) is 0.429. The van der Waals surface area contributed by atoms with Crippen molar-refractivity contribution in [3.63, 3.8) is 0 Å². The van der Waals surface area contributed by atoms with Crippen LogP contribution in [-0.2, 0) is 11.3 Å². The summed E-state index contributed by atoms with van der Waals surface area (Å²) < 4.78 is 0. The highest BCUT2D eigenvalue weighted by molar-refractivity contribution is 5.87. The summed E-state index contributed by atoms with van der Waals surface area (Å²) >= 11 is 0. The fourth-order valence-electron chi connectivity index (χ4n) is 2.06. The second-order valence-corrected chi connectivity index (χ2v) is 4.65. The Bertz CT molecular complexity index is 434. The lowest BCUT2D eigenvalue weighted by molar-refractivity contribution is -0.122. The molecule has 1 fully saturated rings. The van der Waals surface area contributed by atoms with Gasteiger partial charge in [0.1, 0.15) is 6.04 Å². The highest BCUT2D eigenvalue weighted by Gasteiger charge is 2.21. The van der Waals surface area contributed by atoms with Gasteiger partial charge in [0, 0.05) is 13.1 Å². The predicted octanol–water partition coefficient (Wildman–Crippen LogP) is 1.15. The lowest BCUT2D eigenvalue weighted by atomic mass is 10.1. The van der Waals surface area contributed by atoms with Crippen LogP contribution in [0.2, 0.25) is 0 Å². The standard InChI is InChI=1S/C14H19N3O2/c18-13-12(8-4-5-9-15-13)17-14(19)16-10-11-6-2-1-3-7-11/h1-3,6-7,12H,4-5,8-10H2,(H,15,18)(H2,16,17,19). The summed E-state index contributed by atoms with van der Waals surface area (Å²) in [6.45, 7) is 1.16. The maximum Gasteiger partial charge on any atom is 0.315 e. The second-order valence-electron chi connectivity index (χ2n) is 4.65. The van der Waals surface area contributed by atoms with E-state index in [9.17, 15) is 9.59 Å². The molecule has 1 aliphatic rings. The molecular weight excluding hydrogens is 242 g/mol. The number of rotatable bonds is 3. The summed E-state index contributed by atoms with van der Waals surface area (Å²) in [7, 11) is 0. The third kappa shape index (κ3) is 4.28. The van der Waals surface area contributed by atoms with Crippen LogP contribution in [0.5, 0.6) is 0 Å². The van der Waals surface area contributed by atoms with Crippen LogP contribution in [0.4, 0.5) is 4.79 Å². The van der Waals surface area contributed by atoms with Crippen LogP contribution in [0.3, 0.4) is 0 Å². The molecule has 2 rings (SSSR count). The first kappa shape index (κ1) is 13.4. The quantitative estimate of drug-likeness (QED) is 0.764. The predicted molar refractivity (Wildman–Crippen MR) is 72.5 cm³/mol. The van der Waals surface area contributed by atoms with E-state index < -0.39 is 6.04 Å². The van der Waals surface area contributed by atoms with Gasteiger partial charge >= 0.3 is 6.03 Å². The lowest BCUT2D eigenvalue weighted by Crippen LogP contribution is -2.48. The van der Waals surface area contributed by atoms with Gasteiger partial charge < -0.3 is 16.0 Å². The Morgan fingerprint density at radius 1 is 1.26 bits per heavy atom. The van der Waals surface area contributed by atoms with Crippen molar-refractivity contribution < 1.29 is 9.59 Å². The number of amides is 3. The smallest absolute Gasteiger partial charge is 0.315 e. The summed E-state index contributed by atoms with van der Waals surface area (Å²) in [6.07, 6.45) is 2.61. The van der Waals surface area contributed by atoms with Gasteiger partial charge in [0.2, 0.25) is 5.91 Å². The summed E-state index contributed by atoms with van der Waals surface area (Å²) in [6, 6.07) is 8.95. The molecule has 0 radical (unpaired) electrons. The number of benzene rings is 1. The second kappa shape index (κ2) is 6.78. The molecule has 1 saturated heterocycles. The van der Waals surface area contributed by atoms with Gasteiger partial charge in [-0.05, 0) is 24.8 Å². The summed E-state index contributed by atoms with van der Waals surface area (Å²) in [5.41, 5.74) is 1.03. The summed E-state index contributed by atoms with van der Waals surface area (Å²) in [4.78, 5) is 23.4. The molecule has 102 valence electrons. The van der Waals surface area contributed by atoms with Crippen LogP contribution in [0, 0.1) is 0 Å². The number of hydrogen-bond acceptors (Lipinski definition) is 2. The van der Waals surface area contributed by atoms with E-state index in [2.05, 4.69) is 16.0 Å². The van der Waals surface area contributed by atoms with E-state index in [1.54, 1.807) is 0 Å². The van der Waals surface area contributed by atoms with Crippen molar-refractivity contribution in [2.45, 2.75) is 31.8 Å². The van der Waals surface area contributed by atoms with E-state index in [-0.39, 0.29) is 11.9 Å². The third-order valence-corrected chi connectivity index (χ3v) is 3.14. The molecular formula is C14H19N3O2. The first-order chi connectivity index (χ1) is 9.25. The largest absolute Gasteiger partial charge is 0.354 e. The van der Waals surface area contributed by atoms with E-state index >= 15 is 0 Å². The first-order valence-electron chi connectivity index (χ1n) is 6.62. The maximum atomic E-state index is 11.7. The van der Waals surface area contributed by atoms with Gasteiger partial charge in [0.05, 0.1) is 0 Å². The molecule has 1 aromatic carbocycles. The van der Waals surface area contributed by atoms with Gasteiger partial charge in [-0.1, -0.05) is 30.3 Å². The SMILES string of the molecule is O=C(NCc1ccccc1)NC1CCCCNC1=O. The minimum atomic E-state index is -0.418. The Morgan fingerprint density at radius 2 is 2.05 bits per heavy atom. The molecule has 19 heavy (non-hydrogen) atoms. The van der Waals surface area contributed by atoms with E-state index in [0.717, 1.165) is 18.4 Å². The highest BCUT2D eigenvalue weighted by atomic mass is 16.2. The number of carbonyl (C=O) groups is 2. The van der Waals surface area contributed by atoms with E-state index in [4.69, 9.17) is 0 Å². The van der Waals surface area contributed by atoms with E-state index in [0.29, 0.717) is 19.5 Å². The van der Waals surface area contributed by atoms with Crippen molar-refractivity contribution in [3.05, 3.63) is 35.9 Å². The Hall–Kier alpha value is -2.04. The minimum Gasteiger partial charge on any atom is -0.354 e. The van der Waals surface area contributed by atoms with Crippen molar-refractivity contribution in [3.8, 4) is 0 Å². The Balaban J connectivity index is 1.79. The molecule has 5 nitrogen and oxygen atoms in total. The zero-order chi connectivity index (χ0) is 13.5. The molecule has 3 amide bonds. The fourth-order valence-corrected chi connectivity index (χ4v) is 2.06. The summed E-state index contributed by atoms with van der Waals surface area (Å²) in [5, 5.41) is 8.27. The van der Waals surface area contributed by atoms with Crippen LogP contribution in [0.25, 0.3) is 0 Å². The van der Waals surface area contributed by atoms with Crippen LogP contribution in [0.15, 0.2) is 30.3 Å². The molecule has 0 bridgehead atoms. The number of nitrogens with one attached hydrogen (secondary N) is 3. The Labute approximate surface area is 112 Å². The molecule has 5 heteroatoms. The molecule has 1 unspecified atom stereocenters. The molecule has 0 saturated carbocycles. The molecule has 1 atom stereocenters. The molecule has 0 spiro atoms. The topological polar surface area (TPSA) is 70.2 Å². The first-order valence-corrected chi connectivity index (χ1v) is 6.62. The zero-order valence-corrected chi connectivity index (χ0v) is 10.8. The van der Waals surface area contributed by atoms with Crippen LogP contribution in [-0.4, -0.2) is 24.5 Å². The van der Waals surface area contributed by atoms with Crippen molar-refractivity contribution in [2.24, 2.45) is 0 Å². The summed E-state index contributed by atoms with van der Waals surface area (Å²) in [5.74, 6) is -0.0904. The van der Waals surface area contributed by atoms with E-state index in [1.165, 1.54) is 0 Å². The molecule has 1 aliphatic heterocycles. The Kier molecular flexibility index (Phi) is 4.78. The highest BCUT2D eigenvalue weighted by Crippen LogP contribution is 2.05. The van der Waals surface area contributed by atoms with Crippen molar-refractivity contribution in [2.75, 3.05) is 6.54 Å². The van der Waals surface area contributed by atoms with Crippen molar-refractivity contribution in [1.82, 2.24) is 16.0 Å².